The highest BCUT2D eigenvalue weighted by Crippen LogP contribution is 2.19. The highest BCUT2D eigenvalue weighted by molar-refractivity contribution is 4.85. The van der Waals surface area contributed by atoms with Crippen LogP contribution in [0.15, 0.2) is 0 Å². The van der Waals surface area contributed by atoms with Crippen molar-refractivity contribution >= 4 is 0 Å². The summed E-state index contributed by atoms with van der Waals surface area (Å²) in [6.07, 6.45) is 2.39. The van der Waals surface area contributed by atoms with Gasteiger partial charge in [0.25, 0.3) is 0 Å². The average Bonchev–Trinajstić information content (AvgIpc) is 1.82. The first-order chi connectivity index (χ1) is 4.22. The third-order valence-electron chi connectivity index (χ3n) is 1.82. The number of hydrogen-bond donors (Lipinski definition) is 1. The van der Waals surface area contributed by atoms with Crippen LogP contribution in [0, 0.1) is 11.8 Å². The average molecular weight is 128 g/mol. The fourth-order valence-corrected chi connectivity index (χ4v) is 1.10. The Morgan fingerprint density at radius 3 is 2.11 bits per heavy atom. The molecule has 0 fully saturated rings. The zero-order valence-corrected chi connectivity index (χ0v) is 6.78. The van der Waals surface area contributed by atoms with E-state index in [0.717, 1.165) is 18.9 Å². The van der Waals surface area contributed by atoms with Crippen molar-refractivity contribution in [1.82, 2.24) is 0 Å². The molecule has 1 heteroatoms. The lowest BCUT2D eigenvalue weighted by molar-refractivity contribution is 0.496. The van der Waals surface area contributed by atoms with Crippen LogP contribution >= 0.6 is 0 Å². The zero-order valence-electron chi connectivity index (χ0n) is 6.78. The predicted molar refractivity (Wildman–Crippen MR) is 42.0 cm³/mol. The SMILES string of the molecule is CCC(CCN)[C-](C)C. The molecule has 1 atom stereocenters. The predicted octanol–water partition coefficient (Wildman–Crippen LogP) is 1.98. The van der Waals surface area contributed by atoms with E-state index < -0.39 is 0 Å². The molecular weight excluding hydrogens is 110 g/mol. The van der Waals surface area contributed by atoms with Crippen LogP contribution in [-0.4, -0.2) is 6.54 Å². The van der Waals surface area contributed by atoms with Crippen LogP contribution in [0.3, 0.4) is 0 Å². The molecule has 0 aromatic carbocycles. The van der Waals surface area contributed by atoms with Crippen molar-refractivity contribution in [3.8, 4) is 0 Å². The van der Waals surface area contributed by atoms with Gasteiger partial charge in [0.1, 0.15) is 0 Å². The minimum absolute atomic E-state index is 0.759. The molecule has 0 amide bonds. The van der Waals surface area contributed by atoms with Crippen LogP contribution < -0.4 is 5.73 Å². The van der Waals surface area contributed by atoms with Gasteiger partial charge in [0.15, 0.2) is 0 Å². The summed E-state index contributed by atoms with van der Waals surface area (Å²) in [7, 11) is 0. The highest BCUT2D eigenvalue weighted by Gasteiger charge is 1.96. The van der Waals surface area contributed by atoms with Crippen LogP contribution in [0.4, 0.5) is 0 Å². The van der Waals surface area contributed by atoms with Crippen LogP contribution in [0.25, 0.3) is 0 Å². The Bertz CT molecular complexity index is 59.6. The van der Waals surface area contributed by atoms with Crippen LogP contribution in [0.5, 0.6) is 0 Å². The quantitative estimate of drug-likeness (QED) is 0.575. The monoisotopic (exact) mass is 128 g/mol. The molecule has 0 saturated carbocycles. The van der Waals surface area contributed by atoms with Gasteiger partial charge in [-0.3, -0.25) is 0 Å². The van der Waals surface area contributed by atoms with Crippen LogP contribution in [0.2, 0.25) is 0 Å². The summed E-state index contributed by atoms with van der Waals surface area (Å²) in [5.74, 6) is 2.28. The van der Waals surface area contributed by atoms with E-state index in [1.54, 1.807) is 0 Å². The Balaban J connectivity index is 3.41. The van der Waals surface area contributed by atoms with Gasteiger partial charge in [-0.2, -0.15) is 19.8 Å². The lowest BCUT2D eigenvalue weighted by atomic mass is 9.90. The molecule has 0 aromatic heterocycles. The van der Waals surface area contributed by atoms with Gasteiger partial charge in [-0.05, 0) is 6.54 Å². The lowest BCUT2D eigenvalue weighted by Crippen LogP contribution is -2.11. The summed E-state index contributed by atoms with van der Waals surface area (Å²) in [5.41, 5.74) is 5.43. The third kappa shape index (κ3) is 3.52. The third-order valence-corrected chi connectivity index (χ3v) is 1.82. The van der Waals surface area contributed by atoms with E-state index in [2.05, 4.69) is 20.8 Å². The normalized spacial score (nSPS) is 14.3. The van der Waals surface area contributed by atoms with Gasteiger partial charge < -0.3 is 11.7 Å². The second-order valence-electron chi connectivity index (χ2n) is 2.76. The van der Waals surface area contributed by atoms with E-state index in [0.29, 0.717) is 0 Å². The fraction of sp³-hybridized carbons (Fsp3) is 0.875. The maximum absolute atomic E-state index is 5.43. The molecule has 0 rings (SSSR count). The molecule has 1 nitrogen and oxygen atoms in total. The van der Waals surface area contributed by atoms with Gasteiger partial charge in [0.2, 0.25) is 0 Å². The summed E-state index contributed by atoms with van der Waals surface area (Å²) < 4.78 is 0. The van der Waals surface area contributed by atoms with Crippen molar-refractivity contribution in [2.75, 3.05) is 6.54 Å². The van der Waals surface area contributed by atoms with E-state index >= 15 is 0 Å². The Labute approximate surface area is 58.6 Å². The fourth-order valence-electron chi connectivity index (χ4n) is 1.10. The first kappa shape index (κ1) is 8.96. The Hall–Kier alpha value is -0.0400. The maximum atomic E-state index is 5.43. The molecule has 0 saturated heterocycles. The summed E-state index contributed by atoms with van der Waals surface area (Å²) in [5, 5.41) is 0. The smallest absolute Gasteiger partial charge is 0.00990 e. The second kappa shape index (κ2) is 4.80. The van der Waals surface area contributed by atoms with E-state index in [1.165, 1.54) is 12.3 Å². The van der Waals surface area contributed by atoms with Gasteiger partial charge in [-0.15, -0.1) is 0 Å². The van der Waals surface area contributed by atoms with Crippen molar-refractivity contribution in [2.45, 2.75) is 33.6 Å². The molecule has 56 valence electrons. The molecule has 9 heavy (non-hydrogen) atoms. The van der Waals surface area contributed by atoms with Gasteiger partial charge in [-0.1, -0.05) is 19.8 Å². The largest absolute Gasteiger partial charge is 0.331 e. The van der Waals surface area contributed by atoms with Crippen LogP contribution in [0.1, 0.15) is 33.6 Å². The summed E-state index contributed by atoms with van der Waals surface area (Å²) >= 11 is 0. The van der Waals surface area contributed by atoms with Crippen molar-refractivity contribution in [2.24, 2.45) is 11.7 Å². The van der Waals surface area contributed by atoms with E-state index in [9.17, 15) is 0 Å². The molecule has 0 bridgehead atoms. The molecule has 0 heterocycles. The van der Waals surface area contributed by atoms with E-state index in [-0.39, 0.29) is 0 Å². The zero-order chi connectivity index (χ0) is 7.28. The second-order valence-corrected chi connectivity index (χ2v) is 2.76. The Kier molecular flexibility index (Phi) is 4.78. The van der Waals surface area contributed by atoms with E-state index in [4.69, 9.17) is 5.73 Å². The summed E-state index contributed by atoms with van der Waals surface area (Å²) in [6, 6.07) is 0. The van der Waals surface area contributed by atoms with Crippen molar-refractivity contribution in [3.05, 3.63) is 5.92 Å². The molecule has 0 spiro atoms. The minimum Gasteiger partial charge on any atom is -0.331 e. The number of hydrogen-bond acceptors (Lipinski definition) is 1. The molecule has 0 aromatic rings. The standard InChI is InChI=1S/C8H18N/c1-4-8(5-6-9)7(2)3/h8H,4-6,9H2,1-3H3/q-1. The molecule has 0 aliphatic heterocycles. The minimum atomic E-state index is 0.759. The van der Waals surface area contributed by atoms with Crippen LogP contribution in [-0.2, 0) is 0 Å². The van der Waals surface area contributed by atoms with Crippen molar-refractivity contribution in [1.29, 1.82) is 0 Å². The molecule has 0 aliphatic rings. The van der Waals surface area contributed by atoms with Gasteiger partial charge in [0.05, 0.1) is 0 Å². The first-order valence-electron chi connectivity index (χ1n) is 3.72. The van der Waals surface area contributed by atoms with Gasteiger partial charge in [0, 0.05) is 0 Å². The maximum Gasteiger partial charge on any atom is -0.00990 e. The molecule has 1 unspecified atom stereocenters. The van der Waals surface area contributed by atoms with Gasteiger partial charge in [-0.25, -0.2) is 0 Å². The topological polar surface area (TPSA) is 26.0 Å². The molecular formula is C8H18N-. The van der Waals surface area contributed by atoms with Gasteiger partial charge >= 0.3 is 0 Å². The summed E-state index contributed by atoms with van der Waals surface area (Å²) in [4.78, 5) is 0. The number of nitrogens with two attached hydrogens (primary N) is 1. The highest BCUT2D eigenvalue weighted by atomic mass is 14.5. The number of rotatable bonds is 4. The van der Waals surface area contributed by atoms with E-state index in [1.807, 2.05) is 0 Å². The Morgan fingerprint density at radius 1 is 1.44 bits per heavy atom. The van der Waals surface area contributed by atoms with Crippen molar-refractivity contribution < 1.29 is 0 Å². The van der Waals surface area contributed by atoms with Crippen molar-refractivity contribution in [3.63, 3.8) is 0 Å². The lowest BCUT2D eigenvalue weighted by Gasteiger charge is -2.30. The first-order valence-corrected chi connectivity index (χ1v) is 3.72. The molecule has 0 radical (unpaired) electrons. The molecule has 0 aliphatic carbocycles. The Morgan fingerprint density at radius 2 is 2.00 bits per heavy atom. The molecule has 2 N–H and O–H groups in total. The summed E-state index contributed by atoms with van der Waals surface area (Å²) in [6.45, 7) is 7.41.